The molecular weight excluding hydrogens is 398 g/mol. The van der Waals surface area contributed by atoms with E-state index in [9.17, 15) is 31.1 Å². The molecule has 0 radical (unpaired) electrons. The lowest BCUT2D eigenvalue weighted by Crippen LogP contribution is -2.37. The summed E-state index contributed by atoms with van der Waals surface area (Å²) in [4.78, 5) is 12.5. The Balaban J connectivity index is 1.89. The summed E-state index contributed by atoms with van der Waals surface area (Å²) in [6, 6.07) is 10.2. The summed E-state index contributed by atoms with van der Waals surface area (Å²) in [7, 11) is 0. The molecule has 1 aliphatic heterocycles. The van der Waals surface area contributed by atoms with Crippen LogP contribution in [0.3, 0.4) is 0 Å². The monoisotopic (exact) mass is 415 g/mol. The van der Waals surface area contributed by atoms with E-state index >= 15 is 0 Å². The number of benzene rings is 2. The smallest absolute Gasteiger partial charge is 0.264 e. The number of rotatable bonds is 4. The van der Waals surface area contributed by atoms with Gasteiger partial charge in [0.1, 0.15) is 0 Å². The summed E-state index contributed by atoms with van der Waals surface area (Å²) < 4.78 is 79.5. The standard InChI is InChI=1S/C20H16F6N2O/c21-19(22,23)15-10-14(11-16(12-15)20(24,25)26)18(29)27-28-8-4-7-17(28)9-13-5-2-1-3-6-13/h1-3,5-6,10-12H,4,7-9H2/p+1. The highest BCUT2D eigenvalue weighted by atomic mass is 19.4. The van der Waals surface area contributed by atoms with Gasteiger partial charge in [0.05, 0.1) is 17.5 Å². The van der Waals surface area contributed by atoms with Crippen molar-refractivity contribution in [1.82, 2.24) is 5.43 Å². The quantitative estimate of drug-likeness (QED) is 0.562. The first kappa shape index (κ1) is 20.9. The van der Waals surface area contributed by atoms with E-state index in [0.29, 0.717) is 31.5 Å². The lowest BCUT2D eigenvalue weighted by molar-refractivity contribution is -0.565. The zero-order valence-corrected chi connectivity index (χ0v) is 15.1. The maximum Gasteiger partial charge on any atom is 0.416 e. The van der Waals surface area contributed by atoms with E-state index in [4.69, 9.17) is 0 Å². The summed E-state index contributed by atoms with van der Waals surface area (Å²) in [6.45, 7) is 0.430. The van der Waals surface area contributed by atoms with Gasteiger partial charge in [-0.3, -0.25) is 4.79 Å². The van der Waals surface area contributed by atoms with Gasteiger partial charge in [-0.2, -0.15) is 26.3 Å². The zero-order valence-electron chi connectivity index (χ0n) is 15.1. The van der Waals surface area contributed by atoms with Crippen LogP contribution in [0.15, 0.2) is 48.5 Å². The predicted molar refractivity (Wildman–Crippen MR) is 93.4 cm³/mol. The lowest BCUT2D eigenvalue weighted by atomic mass is 10.0. The van der Waals surface area contributed by atoms with Crippen molar-refractivity contribution in [2.75, 3.05) is 6.54 Å². The summed E-state index contributed by atoms with van der Waals surface area (Å²) in [5, 5.41) is 0. The van der Waals surface area contributed by atoms with Gasteiger partial charge in [-0.15, -0.1) is 10.1 Å². The molecule has 0 aliphatic carbocycles. The van der Waals surface area contributed by atoms with Crippen molar-refractivity contribution in [1.29, 1.82) is 0 Å². The minimum absolute atomic E-state index is 0.000405. The number of hydrogen-bond acceptors (Lipinski definition) is 1. The Kier molecular flexibility index (Phi) is 5.68. The van der Waals surface area contributed by atoms with Crippen molar-refractivity contribution >= 4 is 11.6 Å². The predicted octanol–water partition coefficient (Wildman–Crippen LogP) is 4.86. The highest BCUT2D eigenvalue weighted by molar-refractivity contribution is 5.94. The molecule has 1 amide bonds. The third-order valence-corrected chi connectivity index (χ3v) is 4.57. The Morgan fingerprint density at radius 3 is 2.07 bits per heavy atom. The van der Waals surface area contributed by atoms with Gasteiger partial charge in [-0.25, -0.2) is 0 Å². The van der Waals surface area contributed by atoms with Gasteiger partial charge in [0, 0.05) is 18.4 Å². The molecule has 0 unspecified atom stereocenters. The van der Waals surface area contributed by atoms with Crippen molar-refractivity contribution in [2.45, 2.75) is 31.6 Å². The number of nitrogens with one attached hydrogen (secondary N) is 1. The average molecular weight is 415 g/mol. The van der Waals surface area contributed by atoms with Crippen LogP contribution in [0.1, 0.15) is 39.9 Å². The van der Waals surface area contributed by atoms with Crippen LogP contribution in [0.4, 0.5) is 26.3 Å². The maximum absolute atomic E-state index is 13.0. The number of hydrazone groups is 1. The van der Waals surface area contributed by atoms with E-state index in [0.717, 1.165) is 17.7 Å². The number of hydrazine groups is 1. The van der Waals surface area contributed by atoms with Crippen molar-refractivity contribution in [3.63, 3.8) is 0 Å². The molecule has 1 heterocycles. The molecule has 1 N–H and O–H groups in total. The van der Waals surface area contributed by atoms with E-state index in [2.05, 4.69) is 5.43 Å². The van der Waals surface area contributed by atoms with Gasteiger partial charge in [-0.1, -0.05) is 30.3 Å². The van der Waals surface area contributed by atoms with Crippen LogP contribution in [0.25, 0.3) is 0 Å². The van der Waals surface area contributed by atoms with Crippen LogP contribution < -0.4 is 5.43 Å². The molecular formula is C20H17F6N2O+. The molecule has 3 nitrogen and oxygen atoms in total. The Labute approximate surface area is 162 Å². The minimum atomic E-state index is -5.01. The summed E-state index contributed by atoms with van der Waals surface area (Å²) in [5.74, 6) is -1.02. The van der Waals surface area contributed by atoms with Crippen molar-refractivity contribution in [3.05, 3.63) is 70.8 Å². The topological polar surface area (TPSA) is 32.1 Å². The van der Waals surface area contributed by atoms with Gasteiger partial charge in [0.25, 0.3) is 0 Å². The van der Waals surface area contributed by atoms with Crippen molar-refractivity contribution in [3.8, 4) is 0 Å². The van der Waals surface area contributed by atoms with E-state index in [1.807, 2.05) is 30.3 Å². The second-order valence-electron chi connectivity index (χ2n) is 6.72. The molecule has 1 aliphatic rings. The molecule has 2 aromatic carbocycles. The molecule has 2 aromatic rings. The van der Waals surface area contributed by atoms with Crippen LogP contribution in [-0.2, 0) is 18.8 Å². The third kappa shape index (κ3) is 5.16. The van der Waals surface area contributed by atoms with Gasteiger partial charge in [0.15, 0.2) is 12.3 Å². The van der Waals surface area contributed by atoms with Crippen molar-refractivity contribution in [2.24, 2.45) is 0 Å². The highest BCUT2D eigenvalue weighted by Gasteiger charge is 2.38. The molecule has 29 heavy (non-hydrogen) atoms. The molecule has 0 bridgehead atoms. The van der Waals surface area contributed by atoms with Crippen LogP contribution in [0.5, 0.6) is 0 Å². The third-order valence-electron chi connectivity index (χ3n) is 4.57. The summed E-state index contributed by atoms with van der Waals surface area (Å²) in [6.07, 6.45) is -8.09. The van der Waals surface area contributed by atoms with Crippen LogP contribution >= 0.6 is 0 Å². The summed E-state index contributed by atoms with van der Waals surface area (Å²) in [5.41, 5.74) is 0.536. The lowest BCUT2D eigenvalue weighted by Gasteiger charge is -2.13. The first-order valence-electron chi connectivity index (χ1n) is 8.80. The zero-order chi connectivity index (χ0) is 21.2. The number of halogens is 6. The fourth-order valence-corrected chi connectivity index (χ4v) is 3.16. The number of nitrogens with zero attached hydrogens (tertiary/aromatic N) is 1. The number of alkyl halides is 6. The SMILES string of the molecule is O=C(N[N+]1=C(Cc2ccccc2)CCC1)c1cc(C(F)(F)F)cc(C(F)(F)F)c1. The van der Waals surface area contributed by atoms with E-state index < -0.39 is 35.0 Å². The van der Waals surface area contributed by atoms with Gasteiger partial charge in [0.2, 0.25) is 0 Å². The largest absolute Gasteiger partial charge is 0.416 e. The van der Waals surface area contributed by atoms with Gasteiger partial charge < -0.3 is 0 Å². The fourth-order valence-electron chi connectivity index (χ4n) is 3.16. The van der Waals surface area contributed by atoms with E-state index in [1.54, 1.807) is 0 Å². The first-order valence-corrected chi connectivity index (χ1v) is 8.80. The Morgan fingerprint density at radius 2 is 1.52 bits per heavy atom. The second-order valence-corrected chi connectivity index (χ2v) is 6.72. The normalized spacial score (nSPS) is 15.0. The first-order chi connectivity index (χ1) is 13.5. The molecule has 154 valence electrons. The molecule has 0 fully saturated rings. The molecule has 0 saturated carbocycles. The summed E-state index contributed by atoms with van der Waals surface area (Å²) >= 11 is 0. The molecule has 0 atom stereocenters. The molecule has 3 rings (SSSR count). The molecule has 9 heteroatoms. The minimum Gasteiger partial charge on any atom is -0.264 e. The Morgan fingerprint density at radius 1 is 0.931 bits per heavy atom. The van der Waals surface area contributed by atoms with E-state index in [-0.39, 0.29) is 6.07 Å². The molecule has 0 aromatic heterocycles. The number of carbonyl (C=O) groups excluding carboxylic acids is 1. The molecule has 0 spiro atoms. The van der Waals surface area contributed by atoms with Crippen LogP contribution in [-0.4, -0.2) is 22.8 Å². The number of hydrogen-bond donors (Lipinski definition) is 1. The Hall–Kier alpha value is -2.84. The highest BCUT2D eigenvalue weighted by Crippen LogP contribution is 2.36. The van der Waals surface area contributed by atoms with Crippen LogP contribution in [0.2, 0.25) is 0 Å². The fraction of sp³-hybridized carbons (Fsp3) is 0.300. The second kappa shape index (κ2) is 7.88. The van der Waals surface area contributed by atoms with E-state index in [1.165, 1.54) is 4.68 Å². The Bertz CT molecular complexity index is 900. The number of amides is 1. The van der Waals surface area contributed by atoms with Gasteiger partial charge >= 0.3 is 18.3 Å². The van der Waals surface area contributed by atoms with Crippen LogP contribution in [0, 0.1) is 0 Å². The number of carbonyl (C=O) groups is 1. The average Bonchev–Trinajstić information content (AvgIpc) is 3.07. The van der Waals surface area contributed by atoms with Gasteiger partial charge in [-0.05, 0) is 23.8 Å². The maximum atomic E-state index is 13.0. The molecule has 0 saturated heterocycles. The van der Waals surface area contributed by atoms with Crippen molar-refractivity contribution < 1.29 is 35.8 Å².